The highest BCUT2D eigenvalue weighted by molar-refractivity contribution is 5.92. The van der Waals surface area contributed by atoms with E-state index in [4.69, 9.17) is 0 Å². The lowest BCUT2D eigenvalue weighted by Crippen LogP contribution is -2.44. The van der Waals surface area contributed by atoms with Crippen molar-refractivity contribution in [2.24, 2.45) is 7.05 Å². The zero-order valence-electron chi connectivity index (χ0n) is 10.7. The third kappa shape index (κ3) is 2.49. The lowest BCUT2D eigenvalue weighted by atomic mass is 10.1. The Morgan fingerprint density at radius 2 is 2.18 bits per heavy atom. The van der Waals surface area contributed by atoms with Crippen LogP contribution in [0.15, 0.2) is 6.07 Å². The number of piperidine rings is 1. The van der Waals surface area contributed by atoms with Gasteiger partial charge < -0.3 is 10.2 Å². The summed E-state index contributed by atoms with van der Waals surface area (Å²) in [6, 6.07) is 2.19. The molecule has 0 bridgehead atoms. The Labute approximate surface area is 102 Å². The van der Waals surface area contributed by atoms with E-state index in [0.29, 0.717) is 11.7 Å². The number of aromatic nitrogens is 2. The van der Waals surface area contributed by atoms with E-state index < -0.39 is 0 Å². The van der Waals surface area contributed by atoms with Crippen LogP contribution in [-0.4, -0.2) is 46.8 Å². The Kier molecular flexibility index (Phi) is 3.47. The molecule has 1 amide bonds. The highest BCUT2D eigenvalue weighted by Gasteiger charge is 2.24. The minimum Gasteiger partial charge on any atom is -0.337 e. The van der Waals surface area contributed by atoms with Crippen LogP contribution in [0.25, 0.3) is 0 Å². The van der Waals surface area contributed by atoms with Crippen LogP contribution in [-0.2, 0) is 7.05 Å². The van der Waals surface area contributed by atoms with E-state index >= 15 is 0 Å². The van der Waals surface area contributed by atoms with Gasteiger partial charge in [0, 0.05) is 25.8 Å². The Hall–Kier alpha value is -1.36. The van der Waals surface area contributed by atoms with Crippen LogP contribution in [0.5, 0.6) is 0 Å². The van der Waals surface area contributed by atoms with Gasteiger partial charge in [-0.25, -0.2) is 0 Å². The van der Waals surface area contributed by atoms with Gasteiger partial charge in [-0.1, -0.05) is 0 Å². The van der Waals surface area contributed by atoms with Crippen LogP contribution < -0.4 is 5.32 Å². The predicted molar refractivity (Wildman–Crippen MR) is 65.9 cm³/mol. The summed E-state index contributed by atoms with van der Waals surface area (Å²) in [7, 11) is 3.74. The van der Waals surface area contributed by atoms with Crippen LogP contribution in [0.1, 0.15) is 29.0 Å². The normalized spacial score (nSPS) is 17.1. The number of rotatable bonds is 2. The molecule has 1 aromatic heterocycles. The Morgan fingerprint density at radius 3 is 2.71 bits per heavy atom. The molecule has 1 aliphatic heterocycles. The van der Waals surface area contributed by atoms with Gasteiger partial charge in [0.25, 0.3) is 5.91 Å². The van der Waals surface area contributed by atoms with E-state index in [-0.39, 0.29) is 5.91 Å². The molecular formula is C12H20N4O. The topological polar surface area (TPSA) is 50.2 Å². The predicted octanol–water partition coefficient (Wildman–Crippen LogP) is 0.553. The van der Waals surface area contributed by atoms with Crippen LogP contribution in [0.2, 0.25) is 0 Å². The second-order valence-corrected chi connectivity index (χ2v) is 4.69. The van der Waals surface area contributed by atoms with Gasteiger partial charge in [-0.2, -0.15) is 5.10 Å². The molecule has 0 radical (unpaired) electrons. The Morgan fingerprint density at radius 1 is 1.53 bits per heavy atom. The molecule has 94 valence electrons. The van der Waals surface area contributed by atoms with E-state index in [1.165, 1.54) is 0 Å². The van der Waals surface area contributed by atoms with Crippen molar-refractivity contribution in [1.82, 2.24) is 20.0 Å². The lowest BCUT2D eigenvalue weighted by Gasteiger charge is -2.31. The van der Waals surface area contributed by atoms with E-state index in [9.17, 15) is 4.79 Å². The average Bonchev–Trinajstić information content (AvgIpc) is 2.69. The largest absolute Gasteiger partial charge is 0.337 e. The van der Waals surface area contributed by atoms with Crippen molar-refractivity contribution in [2.45, 2.75) is 25.8 Å². The van der Waals surface area contributed by atoms with Gasteiger partial charge in [-0.05, 0) is 38.9 Å². The Bertz CT molecular complexity index is 387. The van der Waals surface area contributed by atoms with Gasteiger partial charge in [-0.3, -0.25) is 9.48 Å². The summed E-state index contributed by atoms with van der Waals surface area (Å²) < 4.78 is 1.74. The second kappa shape index (κ2) is 4.87. The molecule has 1 aromatic rings. The average molecular weight is 236 g/mol. The maximum absolute atomic E-state index is 12.2. The summed E-state index contributed by atoms with van der Waals surface area (Å²) in [6.45, 7) is 3.93. The number of carbonyl (C=O) groups is 1. The molecule has 0 unspecified atom stereocenters. The first-order valence-corrected chi connectivity index (χ1v) is 6.08. The van der Waals surface area contributed by atoms with E-state index in [2.05, 4.69) is 10.4 Å². The van der Waals surface area contributed by atoms with Gasteiger partial charge in [0.2, 0.25) is 0 Å². The summed E-state index contributed by atoms with van der Waals surface area (Å²) in [6.07, 6.45) is 2.04. The molecule has 0 atom stereocenters. The smallest absolute Gasteiger partial charge is 0.274 e. The van der Waals surface area contributed by atoms with Crippen LogP contribution in [0.4, 0.5) is 0 Å². The maximum atomic E-state index is 12.2. The minimum absolute atomic E-state index is 0.0283. The summed E-state index contributed by atoms with van der Waals surface area (Å²) >= 11 is 0. The van der Waals surface area contributed by atoms with Crippen LogP contribution in [0, 0.1) is 6.92 Å². The SMILES string of the molecule is Cc1cc(C(=O)N(C)C2CCNCC2)nn1C. The molecule has 2 heterocycles. The fourth-order valence-corrected chi connectivity index (χ4v) is 2.21. The van der Waals surface area contributed by atoms with Crippen molar-refractivity contribution in [1.29, 1.82) is 0 Å². The number of nitrogens with zero attached hydrogens (tertiary/aromatic N) is 3. The fraction of sp³-hybridized carbons (Fsp3) is 0.667. The molecule has 0 saturated carbocycles. The first-order chi connectivity index (χ1) is 8.09. The lowest BCUT2D eigenvalue weighted by molar-refractivity contribution is 0.0696. The van der Waals surface area contributed by atoms with Gasteiger partial charge in [0.05, 0.1) is 0 Å². The van der Waals surface area contributed by atoms with E-state index in [0.717, 1.165) is 31.6 Å². The number of hydrogen-bond donors (Lipinski definition) is 1. The van der Waals surface area contributed by atoms with Gasteiger partial charge in [0.1, 0.15) is 0 Å². The van der Waals surface area contributed by atoms with Crippen molar-refractivity contribution in [3.05, 3.63) is 17.5 Å². The quantitative estimate of drug-likeness (QED) is 0.816. The zero-order chi connectivity index (χ0) is 12.4. The third-order valence-electron chi connectivity index (χ3n) is 3.51. The van der Waals surface area contributed by atoms with Crippen molar-refractivity contribution in [3.8, 4) is 0 Å². The van der Waals surface area contributed by atoms with E-state index in [1.54, 1.807) is 4.68 Å². The molecule has 1 N–H and O–H groups in total. The van der Waals surface area contributed by atoms with Gasteiger partial charge >= 0.3 is 0 Å². The Balaban J connectivity index is 2.08. The zero-order valence-corrected chi connectivity index (χ0v) is 10.7. The number of nitrogens with one attached hydrogen (secondary N) is 1. The minimum atomic E-state index is 0.0283. The number of aryl methyl sites for hydroxylation is 2. The van der Waals surface area contributed by atoms with Gasteiger partial charge in [0.15, 0.2) is 5.69 Å². The molecule has 17 heavy (non-hydrogen) atoms. The van der Waals surface area contributed by atoms with E-state index in [1.807, 2.05) is 32.0 Å². The first kappa shape index (κ1) is 12.1. The van der Waals surface area contributed by atoms with Crippen molar-refractivity contribution >= 4 is 5.91 Å². The molecule has 2 rings (SSSR count). The number of carbonyl (C=O) groups excluding carboxylic acids is 1. The monoisotopic (exact) mass is 236 g/mol. The van der Waals surface area contributed by atoms with Crippen molar-refractivity contribution < 1.29 is 4.79 Å². The summed E-state index contributed by atoms with van der Waals surface area (Å²) in [5, 5.41) is 7.54. The van der Waals surface area contributed by atoms with Crippen LogP contribution in [0.3, 0.4) is 0 Å². The molecule has 1 fully saturated rings. The van der Waals surface area contributed by atoms with Crippen molar-refractivity contribution in [3.63, 3.8) is 0 Å². The summed E-state index contributed by atoms with van der Waals surface area (Å²) in [5.74, 6) is 0.0283. The molecule has 0 aliphatic carbocycles. The molecular weight excluding hydrogens is 216 g/mol. The number of amides is 1. The number of hydrogen-bond acceptors (Lipinski definition) is 3. The molecule has 5 nitrogen and oxygen atoms in total. The fourth-order valence-electron chi connectivity index (χ4n) is 2.21. The maximum Gasteiger partial charge on any atom is 0.274 e. The highest BCUT2D eigenvalue weighted by Crippen LogP contribution is 2.13. The molecule has 1 aliphatic rings. The molecule has 0 aromatic carbocycles. The third-order valence-corrected chi connectivity index (χ3v) is 3.51. The second-order valence-electron chi connectivity index (χ2n) is 4.69. The van der Waals surface area contributed by atoms with Gasteiger partial charge in [-0.15, -0.1) is 0 Å². The summed E-state index contributed by atoms with van der Waals surface area (Å²) in [5.41, 5.74) is 1.55. The molecule has 0 spiro atoms. The summed E-state index contributed by atoms with van der Waals surface area (Å²) in [4.78, 5) is 14.1. The first-order valence-electron chi connectivity index (χ1n) is 6.08. The van der Waals surface area contributed by atoms with Crippen molar-refractivity contribution in [2.75, 3.05) is 20.1 Å². The molecule has 1 saturated heterocycles. The van der Waals surface area contributed by atoms with Crippen LogP contribution >= 0.6 is 0 Å². The molecule has 5 heteroatoms. The standard InChI is InChI=1S/C12H20N4O/c1-9-8-11(14-16(9)3)12(17)15(2)10-4-6-13-7-5-10/h8,10,13H,4-7H2,1-3H3. The highest BCUT2D eigenvalue weighted by atomic mass is 16.2.